The smallest absolute Gasteiger partial charge is 0.338 e. The maximum absolute atomic E-state index is 11.4. The minimum atomic E-state index is -0.867. The monoisotopic (exact) mass is 430 g/mol. The molecule has 1 aromatic rings. The first kappa shape index (κ1) is 19.1. The van der Waals surface area contributed by atoms with Crippen LogP contribution in [0.4, 0.5) is 5.00 Å². The molecule has 0 unspecified atom stereocenters. The van der Waals surface area contributed by atoms with Crippen molar-refractivity contribution in [3.8, 4) is 0 Å². The van der Waals surface area contributed by atoms with Crippen molar-refractivity contribution in [1.82, 2.24) is 4.90 Å². The lowest BCUT2D eigenvalue weighted by Gasteiger charge is -2.49. The average Bonchev–Trinajstić information content (AvgIpc) is 2.82. The van der Waals surface area contributed by atoms with Gasteiger partial charge >= 0.3 is 5.97 Å². The number of aromatic carboxylic acids is 1. The number of carbonyl (C=O) groups is 1. The molecular weight excluding hydrogens is 404 g/mol. The summed E-state index contributed by atoms with van der Waals surface area (Å²) in [6.45, 7) is 6.25. The van der Waals surface area contributed by atoms with Crippen molar-refractivity contribution in [3.63, 3.8) is 0 Å². The number of likely N-dealkylation sites (tertiary alicyclic amines) is 1. The van der Waals surface area contributed by atoms with Gasteiger partial charge in [-0.05, 0) is 60.5 Å². The first-order chi connectivity index (χ1) is 11.9. The number of ether oxygens (including phenoxy) is 1. The highest BCUT2D eigenvalue weighted by atomic mass is 79.9. The number of halogens is 1. The van der Waals surface area contributed by atoms with Crippen molar-refractivity contribution < 1.29 is 14.6 Å². The molecule has 1 aliphatic carbocycles. The highest BCUT2D eigenvalue weighted by Gasteiger charge is 2.40. The van der Waals surface area contributed by atoms with Crippen LogP contribution in [0.15, 0.2) is 3.79 Å². The van der Waals surface area contributed by atoms with Gasteiger partial charge in [-0.1, -0.05) is 6.92 Å². The topological polar surface area (TPSA) is 61.8 Å². The molecule has 2 aliphatic rings. The fourth-order valence-electron chi connectivity index (χ4n) is 4.09. The first-order valence-corrected chi connectivity index (χ1v) is 10.6. The number of carboxylic acids is 1. The summed E-state index contributed by atoms with van der Waals surface area (Å²) >= 11 is 4.91. The Balaban J connectivity index is 1.65. The summed E-state index contributed by atoms with van der Waals surface area (Å²) in [5.74, 6) is -0.867. The summed E-state index contributed by atoms with van der Waals surface area (Å²) in [5.41, 5.74) is 1.30. The zero-order valence-electron chi connectivity index (χ0n) is 15.1. The number of carboxylic acid groups (broad SMARTS) is 1. The zero-order chi connectivity index (χ0) is 18.2. The highest BCUT2D eigenvalue weighted by molar-refractivity contribution is 9.11. The number of nitrogens with zero attached hydrogens (tertiary/aromatic N) is 1. The maximum atomic E-state index is 11.4. The largest absolute Gasteiger partial charge is 0.478 e. The van der Waals surface area contributed by atoms with Crippen molar-refractivity contribution in [3.05, 3.63) is 14.9 Å². The number of methoxy groups -OCH3 is 1. The molecule has 0 bridgehead atoms. The van der Waals surface area contributed by atoms with Crippen molar-refractivity contribution in [2.75, 3.05) is 25.5 Å². The van der Waals surface area contributed by atoms with E-state index in [0.29, 0.717) is 21.5 Å². The van der Waals surface area contributed by atoms with Crippen molar-refractivity contribution in [2.24, 2.45) is 0 Å². The van der Waals surface area contributed by atoms with E-state index in [4.69, 9.17) is 4.74 Å². The van der Waals surface area contributed by atoms with Crippen LogP contribution in [0, 0.1) is 6.92 Å². The lowest BCUT2D eigenvalue weighted by molar-refractivity contribution is -0.0600. The number of hydrogen-bond donors (Lipinski definition) is 2. The molecule has 2 heterocycles. The van der Waals surface area contributed by atoms with E-state index in [-0.39, 0.29) is 5.54 Å². The van der Waals surface area contributed by atoms with Gasteiger partial charge in [0.1, 0.15) is 0 Å². The van der Waals surface area contributed by atoms with Crippen LogP contribution >= 0.6 is 27.3 Å². The van der Waals surface area contributed by atoms with Gasteiger partial charge in [0, 0.05) is 31.8 Å². The van der Waals surface area contributed by atoms with E-state index >= 15 is 0 Å². The average molecular weight is 431 g/mol. The molecule has 3 rings (SSSR count). The Labute approximate surface area is 161 Å². The van der Waals surface area contributed by atoms with Gasteiger partial charge in [0.2, 0.25) is 0 Å². The highest BCUT2D eigenvalue weighted by Crippen LogP contribution is 2.43. The SMILES string of the molecule is CCC1(Nc2sc(Br)c(C(=O)O)c2C)CCC(N2CC(OC)C2)CC1. The van der Waals surface area contributed by atoms with Crippen LogP contribution in [-0.2, 0) is 4.74 Å². The van der Waals surface area contributed by atoms with Gasteiger partial charge in [-0.15, -0.1) is 11.3 Å². The van der Waals surface area contributed by atoms with Gasteiger partial charge < -0.3 is 15.2 Å². The lowest BCUT2D eigenvalue weighted by atomic mass is 9.76. The van der Waals surface area contributed by atoms with E-state index < -0.39 is 5.97 Å². The third-order valence-electron chi connectivity index (χ3n) is 6.01. The van der Waals surface area contributed by atoms with E-state index in [0.717, 1.165) is 42.9 Å². The predicted molar refractivity (Wildman–Crippen MR) is 105 cm³/mol. The molecule has 1 aromatic heterocycles. The summed E-state index contributed by atoms with van der Waals surface area (Å²) in [7, 11) is 1.79. The lowest BCUT2D eigenvalue weighted by Crippen LogP contribution is -2.58. The van der Waals surface area contributed by atoms with E-state index in [1.54, 1.807) is 7.11 Å². The molecule has 1 saturated heterocycles. The number of nitrogens with one attached hydrogen (secondary N) is 1. The molecule has 0 amide bonds. The number of thiophene rings is 1. The van der Waals surface area contributed by atoms with Gasteiger partial charge in [-0.25, -0.2) is 4.79 Å². The Hall–Kier alpha value is -0.630. The van der Waals surface area contributed by atoms with Gasteiger partial charge in [0.15, 0.2) is 0 Å². The van der Waals surface area contributed by atoms with Gasteiger partial charge in [-0.3, -0.25) is 4.90 Å². The molecule has 1 aliphatic heterocycles. The van der Waals surface area contributed by atoms with Crippen LogP contribution in [-0.4, -0.2) is 53.9 Å². The molecule has 5 nitrogen and oxygen atoms in total. The minimum absolute atomic E-state index is 0.0762. The molecule has 7 heteroatoms. The van der Waals surface area contributed by atoms with Gasteiger partial charge in [-0.2, -0.15) is 0 Å². The van der Waals surface area contributed by atoms with Crippen molar-refractivity contribution in [1.29, 1.82) is 0 Å². The molecule has 1 saturated carbocycles. The van der Waals surface area contributed by atoms with Crippen LogP contribution in [0.5, 0.6) is 0 Å². The minimum Gasteiger partial charge on any atom is -0.478 e. The fourth-order valence-corrected chi connectivity index (χ4v) is 6.08. The Bertz CT molecular complexity index is 635. The summed E-state index contributed by atoms with van der Waals surface area (Å²) in [4.78, 5) is 14.0. The molecule has 0 radical (unpaired) electrons. The van der Waals surface area contributed by atoms with Gasteiger partial charge in [0.25, 0.3) is 0 Å². The van der Waals surface area contributed by atoms with E-state index in [2.05, 4.69) is 33.1 Å². The van der Waals surface area contributed by atoms with Crippen LogP contribution in [0.1, 0.15) is 54.9 Å². The van der Waals surface area contributed by atoms with Crippen LogP contribution in [0.3, 0.4) is 0 Å². The van der Waals surface area contributed by atoms with E-state index in [9.17, 15) is 9.90 Å². The number of rotatable bonds is 6. The Morgan fingerprint density at radius 1 is 1.44 bits per heavy atom. The zero-order valence-corrected chi connectivity index (χ0v) is 17.5. The number of hydrogen-bond acceptors (Lipinski definition) is 5. The van der Waals surface area contributed by atoms with Crippen LogP contribution in [0.2, 0.25) is 0 Å². The Kier molecular flexibility index (Phi) is 5.78. The van der Waals surface area contributed by atoms with E-state index in [1.807, 2.05) is 6.92 Å². The normalized spacial score (nSPS) is 27.9. The molecular formula is C18H27BrN2O3S. The van der Waals surface area contributed by atoms with Crippen LogP contribution in [0.25, 0.3) is 0 Å². The molecule has 2 fully saturated rings. The van der Waals surface area contributed by atoms with Crippen molar-refractivity contribution >= 4 is 38.2 Å². The molecule has 140 valence electrons. The fraction of sp³-hybridized carbons (Fsp3) is 0.722. The van der Waals surface area contributed by atoms with E-state index in [1.165, 1.54) is 24.2 Å². The second kappa shape index (κ2) is 7.55. The summed E-state index contributed by atoms with van der Waals surface area (Å²) in [5, 5.41) is 14.1. The first-order valence-electron chi connectivity index (χ1n) is 8.96. The second-order valence-electron chi connectivity index (χ2n) is 7.31. The maximum Gasteiger partial charge on any atom is 0.338 e. The third kappa shape index (κ3) is 3.75. The molecule has 2 N–H and O–H groups in total. The Morgan fingerprint density at radius 3 is 2.56 bits per heavy atom. The summed E-state index contributed by atoms with van der Waals surface area (Å²) < 4.78 is 6.09. The Morgan fingerprint density at radius 2 is 2.08 bits per heavy atom. The molecule has 25 heavy (non-hydrogen) atoms. The summed E-state index contributed by atoms with van der Waals surface area (Å²) in [6, 6.07) is 0.665. The predicted octanol–water partition coefficient (Wildman–Crippen LogP) is 4.35. The van der Waals surface area contributed by atoms with Crippen LogP contribution < -0.4 is 5.32 Å². The third-order valence-corrected chi connectivity index (χ3v) is 7.89. The quantitative estimate of drug-likeness (QED) is 0.701. The number of anilines is 1. The second-order valence-corrected chi connectivity index (χ2v) is 9.65. The van der Waals surface area contributed by atoms with Crippen molar-refractivity contribution in [2.45, 2.75) is 63.6 Å². The standard InChI is InChI=1S/C18H27BrN2O3S/c1-4-18(20-16-11(2)14(17(22)23)15(19)25-16)7-5-12(6-8-18)21-9-13(10-21)24-3/h12-13,20H,4-10H2,1-3H3,(H,22,23). The molecule has 0 aromatic carbocycles. The molecule has 0 atom stereocenters. The molecule has 0 spiro atoms. The van der Waals surface area contributed by atoms with Gasteiger partial charge in [0.05, 0.1) is 20.5 Å². The summed E-state index contributed by atoms with van der Waals surface area (Å²) in [6.07, 6.45) is 6.09.